The van der Waals surface area contributed by atoms with E-state index in [1.165, 1.54) is 0 Å². The third kappa shape index (κ3) is 5.87. The minimum absolute atomic E-state index is 0.0279. The van der Waals surface area contributed by atoms with Crippen molar-refractivity contribution in [3.8, 4) is 0 Å². The summed E-state index contributed by atoms with van der Waals surface area (Å²) >= 11 is 0. The molecule has 0 radical (unpaired) electrons. The molecule has 1 aromatic heterocycles. The highest BCUT2D eigenvalue weighted by Crippen LogP contribution is 2.23. The van der Waals surface area contributed by atoms with Crippen molar-refractivity contribution < 1.29 is 9.59 Å². The van der Waals surface area contributed by atoms with Crippen LogP contribution in [0.1, 0.15) is 37.9 Å². The van der Waals surface area contributed by atoms with Crippen LogP contribution in [0.15, 0.2) is 48.7 Å². The highest BCUT2D eigenvalue weighted by atomic mass is 16.2. The number of carbonyl (C=O) groups excluding carboxylic acids is 2. The second-order valence-electron chi connectivity index (χ2n) is 7.54. The van der Waals surface area contributed by atoms with Crippen molar-refractivity contribution in [2.75, 3.05) is 31.1 Å². The van der Waals surface area contributed by atoms with Crippen LogP contribution in [0, 0.1) is 0 Å². The van der Waals surface area contributed by atoms with Gasteiger partial charge in [0.05, 0.1) is 5.69 Å². The summed E-state index contributed by atoms with van der Waals surface area (Å²) in [5.74, 6) is 0.0858. The molecule has 0 bridgehead atoms. The standard InChI is InChI=1S/C23H30N4O2/c1-19(28)26-15-7-13-25(18-22-10-5-6-12-24-22)14-8-16-27(20(2)29)23-11-4-3-9-21(23)17-26/h3-6,9-12H,7-8,13-18H2,1-2H3. The molecule has 3 rings (SSSR count). The summed E-state index contributed by atoms with van der Waals surface area (Å²) in [6, 6.07) is 13.9. The van der Waals surface area contributed by atoms with Gasteiger partial charge in [0.2, 0.25) is 11.8 Å². The van der Waals surface area contributed by atoms with E-state index in [2.05, 4.69) is 9.88 Å². The third-order valence-corrected chi connectivity index (χ3v) is 5.34. The number of amides is 2. The second kappa shape index (κ2) is 10.2. The zero-order valence-corrected chi connectivity index (χ0v) is 17.4. The van der Waals surface area contributed by atoms with Crippen molar-refractivity contribution >= 4 is 17.5 Å². The molecule has 154 valence electrons. The smallest absolute Gasteiger partial charge is 0.223 e. The molecule has 2 aromatic rings. The lowest BCUT2D eigenvalue weighted by molar-refractivity contribution is -0.129. The Labute approximate surface area is 173 Å². The van der Waals surface area contributed by atoms with E-state index in [9.17, 15) is 9.59 Å². The summed E-state index contributed by atoms with van der Waals surface area (Å²) in [4.78, 5) is 35.2. The molecule has 2 heterocycles. The van der Waals surface area contributed by atoms with Crippen LogP contribution in [0.3, 0.4) is 0 Å². The maximum absolute atomic E-state index is 12.4. The SMILES string of the molecule is CC(=O)N1CCCN(Cc2ccccn2)CCCN(C(C)=O)c2ccccc2C1. The molecular weight excluding hydrogens is 364 g/mol. The molecule has 0 spiro atoms. The van der Waals surface area contributed by atoms with E-state index in [-0.39, 0.29) is 11.8 Å². The molecule has 6 nitrogen and oxygen atoms in total. The molecular formula is C23H30N4O2. The van der Waals surface area contributed by atoms with Crippen molar-refractivity contribution in [3.05, 3.63) is 59.9 Å². The van der Waals surface area contributed by atoms with Crippen LogP contribution in [0.25, 0.3) is 0 Å². The molecule has 0 saturated heterocycles. The van der Waals surface area contributed by atoms with Gasteiger partial charge in [-0.3, -0.25) is 19.5 Å². The van der Waals surface area contributed by atoms with Gasteiger partial charge >= 0.3 is 0 Å². The molecule has 0 atom stereocenters. The molecule has 0 saturated carbocycles. The number of fused-ring (bicyclic) bond motifs is 1. The monoisotopic (exact) mass is 394 g/mol. The highest BCUT2D eigenvalue weighted by molar-refractivity contribution is 5.92. The van der Waals surface area contributed by atoms with Gasteiger partial charge in [-0.2, -0.15) is 0 Å². The van der Waals surface area contributed by atoms with E-state index in [4.69, 9.17) is 0 Å². The van der Waals surface area contributed by atoms with Crippen molar-refractivity contribution in [2.45, 2.75) is 39.8 Å². The zero-order valence-electron chi connectivity index (χ0n) is 17.4. The lowest BCUT2D eigenvalue weighted by Crippen LogP contribution is -2.37. The first-order chi connectivity index (χ1) is 14.0. The van der Waals surface area contributed by atoms with E-state index in [0.717, 1.165) is 49.4 Å². The fourth-order valence-corrected chi connectivity index (χ4v) is 3.84. The molecule has 6 heteroatoms. The van der Waals surface area contributed by atoms with Crippen LogP contribution in [0.4, 0.5) is 5.69 Å². The van der Waals surface area contributed by atoms with Crippen LogP contribution in [0.5, 0.6) is 0 Å². The summed E-state index contributed by atoms with van der Waals surface area (Å²) in [5.41, 5.74) is 2.96. The van der Waals surface area contributed by atoms with Gasteiger partial charge in [-0.05, 0) is 36.6 Å². The number of aromatic nitrogens is 1. The maximum Gasteiger partial charge on any atom is 0.223 e. The van der Waals surface area contributed by atoms with Gasteiger partial charge in [-0.15, -0.1) is 0 Å². The van der Waals surface area contributed by atoms with Gasteiger partial charge in [0.15, 0.2) is 0 Å². The maximum atomic E-state index is 12.4. The lowest BCUT2D eigenvalue weighted by Gasteiger charge is -2.30. The number of rotatable bonds is 2. The number of para-hydroxylation sites is 1. The second-order valence-corrected chi connectivity index (χ2v) is 7.54. The molecule has 1 aliphatic heterocycles. The zero-order chi connectivity index (χ0) is 20.6. The first-order valence-electron chi connectivity index (χ1n) is 10.3. The van der Waals surface area contributed by atoms with Crippen LogP contribution in [-0.4, -0.2) is 52.8 Å². The fraction of sp³-hybridized carbons (Fsp3) is 0.435. The number of carbonyl (C=O) groups is 2. The van der Waals surface area contributed by atoms with Gasteiger partial charge in [0.25, 0.3) is 0 Å². The minimum Gasteiger partial charge on any atom is -0.338 e. The van der Waals surface area contributed by atoms with Crippen LogP contribution >= 0.6 is 0 Å². The van der Waals surface area contributed by atoms with Gasteiger partial charge < -0.3 is 9.80 Å². The Morgan fingerprint density at radius 2 is 1.62 bits per heavy atom. The minimum atomic E-state index is 0.0279. The number of hydrogen-bond donors (Lipinski definition) is 0. The average Bonchev–Trinajstić information content (AvgIpc) is 2.70. The van der Waals surface area contributed by atoms with Gasteiger partial charge in [0, 0.05) is 65.0 Å². The van der Waals surface area contributed by atoms with Crippen molar-refractivity contribution in [1.29, 1.82) is 0 Å². The Kier molecular flexibility index (Phi) is 7.36. The lowest BCUT2D eigenvalue weighted by atomic mass is 10.1. The normalized spacial score (nSPS) is 16.5. The fourth-order valence-electron chi connectivity index (χ4n) is 3.84. The van der Waals surface area contributed by atoms with Crippen molar-refractivity contribution in [3.63, 3.8) is 0 Å². The number of benzene rings is 1. The third-order valence-electron chi connectivity index (χ3n) is 5.34. The highest BCUT2D eigenvalue weighted by Gasteiger charge is 2.20. The van der Waals surface area contributed by atoms with E-state index >= 15 is 0 Å². The largest absolute Gasteiger partial charge is 0.338 e. The quantitative estimate of drug-likeness (QED) is 0.786. The van der Waals surface area contributed by atoms with Crippen LogP contribution in [-0.2, 0) is 22.7 Å². The summed E-state index contributed by atoms with van der Waals surface area (Å²) in [5, 5.41) is 0. The number of anilines is 1. The Morgan fingerprint density at radius 3 is 2.31 bits per heavy atom. The molecule has 0 aliphatic carbocycles. The summed E-state index contributed by atoms with van der Waals surface area (Å²) in [6.45, 7) is 7.64. The first-order valence-corrected chi connectivity index (χ1v) is 10.3. The topological polar surface area (TPSA) is 56.8 Å². The van der Waals surface area contributed by atoms with E-state index < -0.39 is 0 Å². The first kappa shape index (κ1) is 21.0. The predicted octanol–water partition coefficient (Wildman–Crippen LogP) is 3.08. The average molecular weight is 395 g/mol. The number of hydrogen-bond acceptors (Lipinski definition) is 4. The van der Waals surface area contributed by atoms with Gasteiger partial charge in [0.1, 0.15) is 0 Å². The Hall–Kier alpha value is -2.73. The number of pyridine rings is 1. The Morgan fingerprint density at radius 1 is 0.897 bits per heavy atom. The Balaban J connectivity index is 1.83. The molecule has 0 fully saturated rings. The summed E-state index contributed by atoms with van der Waals surface area (Å²) in [6.07, 6.45) is 3.61. The molecule has 2 amide bonds. The molecule has 1 aromatic carbocycles. The predicted molar refractivity (Wildman–Crippen MR) is 114 cm³/mol. The van der Waals surface area contributed by atoms with E-state index in [1.807, 2.05) is 58.5 Å². The van der Waals surface area contributed by atoms with Crippen molar-refractivity contribution in [1.82, 2.24) is 14.8 Å². The van der Waals surface area contributed by atoms with Crippen molar-refractivity contribution in [2.24, 2.45) is 0 Å². The summed E-state index contributed by atoms with van der Waals surface area (Å²) < 4.78 is 0. The van der Waals surface area contributed by atoms with Crippen LogP contribution in [0.2, 0.25) is 0 Å². The van der Waals surface area contributed by atoms with Crippen LogP contribution < -0.4 is 4.90 Å². The van der Waals surface area contributed by atoms with E-state index in [0.29, 0.717) is 19.6 Å². The summed E-state index contributed by atoms with van der Waals surface area (Å²) in [7, 11) is 0. The number of nitrogens with zero attached hydrogens (tertiary/aromatic N) is 4. The Bertz CT molecular complexity index is 825. The van der Waals surface area contributed by atoms with Gasteiger partial charge in [-0.25, -0.2) is 0 Å². The van der Waals surface area contributed by atoms with E-state index in [1.54, 1.807) is 13.8 Å². The molecule has 0 unspecified atom stereocenters. The van der Waals surface area contributed by atoms with Gasteiger partial charge in [-0.1, -0.05) is 24.3 Å². The molecule has 29 heavy (non-hydrogen) atoms. The molecule has 1 aliphatic rings. The molecule has 0 N–H and O–H groups in total.